The van der Waals surface area contributed by atoms with Crippen molar-refractivity contribution in [3.8, 4) is 11.1 Å². The lowest BCUT2D eigenvalue weighted by Gasteiger charge is -2.44. The maximum absolute atomic E-state index is 16.1. The van der Waals surface area contributed by atoms with Crippen LogP contribution in [-0.2, 0) is 4.74 Å². The second kappa shape index (κ2) is 10.2. The van der Waals surface area contributed by atoms with Crippen molar-refractivity contribution < 1.29 is 19.0 Å². The lowest BCUT2D eigenvalue weighted by Crippen LogP contribution is -2.59. The lowest BCUT2D eigenvalue weighted by atomic mass is 9.97. The maximum atomic E-state index is 16.1. The summed E-state index contributed by atoms with van der Waals surface area (Å²) in [5.74, 6) is 1.11. The van der Waals surface area contributed by atoms with E-state index in [4.69, 9.17) is 9.72 Å². The maximum Gasteiger partial charge on any atom is 0.321 e. The Morgan fingerprint density at radius 3 is 2.64 bits per heavy atom. The minimum Gasteiger partial charge on any atom is -0.389 e. The second-order valence-corrected chi connectivity index (χ2v) is 10.2. The summed E-state index contributed by atoms with van der Waals surface area (Å²) < 4.78 is 21.5. The Hall–Kier alpha value is -2.91. The molecule has 3 aliphatic heterocycles. The van der Waals surface area contributed by atoms with E-state index in [0.717, 1.165) is 31.5 Å². The van der Waals surface area contributed by atoms with E-state index >= 15 is 4.39 Å². The van der Waals surface area contributed by atoms with Crippen molar-refractivity contribution in [3.05, 3.63) is 35.6 Å². The number of aryl methyl sites for hydroxylation is 1. The van der Waals surface area contributed by atoms with Gasteiger partial charge in [0, 0.05) is 44.0 Å². The van der Waals surface area contributed by atoms with Crippen molar-refractivity contribution in [2.24, 2.45) is 5.92 Å². The predicted octanol–water partition coefficient (Wildman–Crippen LogP) is 3.87. The SMILES string of the molecule is CC[C@@H]1CCN(C(=O)Nc2ccc(C)c(-c3cc(N4C[C@H](O)[C@@H]4C)nc(N4CCOCC4)c3F)c2)C1. The van der Waals surface area contributed by atoms with Crippen molar-refractivity contribution in [1.82, 2.24) is 9.88 Å². The Bertz CT molecular complexity index is 1120. The molecule has 0 aliphatic carbocycles. The summed E-state index contributed by atoms with van der Waals surface area (Å²) in [4.78, 5) is 23.3. The summed E-state index contributed by atoms with van der Waals surface area (Å²) in [6.45, 7) is 10.2. The molecule has 3 atom stereocenters. The zero-order valence-corrected chi connectivity index (χ0v) is 21.3. The van der Waals surface area contributed by atoms with Crippen LogP contribution in [0.3, 0.4) is 0 Å². The van der Waals surface area contributed by atoms with Gasteiger partial charge in [-0.3, -0.25) is 0 Å². The number of hydrogen-bond acceptors (Lipinski definition) is 6. The van der Waals surface area contributed by atoms with Crippen LogP contribution in [0.2, 0.25) is 0 Å². The van der Waals surface area contributed by atoms with E-state index in [2.05, 4.69) is 12.2 Å². The number of morpholine rings is 1. The molecule has 0 radical (unpaired) electrons. The molecule has 0 saturated carbocycles. The van der Waals surface area contributed by atoms with Crippen LogP contribution in [0, 0.1) is 18.7 Å². The molecule has 5 rings (SSSR count). The largest absolute Gasteiger partial charge is 0.389 e. The molecule has 3 aliphatic rings. The first kappa shape index (κ1) is 24.8. The van der Waals surface area contributed by atoms with Gasteiger partial charge in [0.25, 0.3) is 0 Å². The molecule has 36 heavy (non-hydrogen) atoms. The fourth-order valence-corrected chi connectivity index (χ4v) is 5.27. The number of β-amino-alcohol motifs (C(OH)–C–C–N with tert-alkyl or cyclic N) is 1. The minimum atomic E-state index is -0.426. The molecule has 194 valence electrons. The summed E-state index contributed by atoms with van der Waals surface area (Å²) in [5.41, 5.74) is 2.70. The number of likely N-dealkylation sites (tertiary alicyclic amines) is 1. The highest BCUT2D eigenvalue weighted by molar-refractivity contribution is 5.91. The van der Waals surface area contributed by atoms with Crippen LogP contribution in [0.25, 0.3) is 11.1 Å². The van der Waals surface area contributed by atoms with Gasteiger partial charge in [-0.2, -0.15) is 0 Å². The van der Waals surface area contributed by atoms with E-state index in [1.165, 1.54) is 0 Å². The van der Waals surface area contributed by atoms with E-state index < -0.39 is 6.10 Å². The number of carbonyl (C=O) groups excluding carboxylic acids is 1. The summed E-state index contributed by atoms with van der Waals surface area (Å²) in [5, 5.41) is 13.1. The molecule has 0 spiro atoms. The molecule has 3 saturated heterocycles. The van der Waals surface area contributed by atoms with Crippen LogP contribution in [-0.4, -0.2) is 79.1 Å². The number of rotatable bonds is 5. The van der Waals surface area contributed by atoms with Gasteiger partial charge in [0.05, 0.1) is 25.4 Å². The predicted molar refractivity (Wildman–Crippen MR) is 139 cm³/mol. The van der Waals surface area contributed by atoms with Gasteiger partial charge in [-0.15, -0.1) is 0 Å². The molecular weight excluding hydrogens is 461 g/mol. The first-order valence-electron chi connectivity index (χ1n) is 13.0. The van der Waals surface area contributed by atoms with Gasteiger partial charge in [0.15, 0.2) is 11.6 Å². The van der Waals surface area contributed by atoms with Gasteiger partial charge < -0.3 is 29.9 Å². The molecule has 1 aromatic carbocycles. The quantitative estimate of drug-likeness (QED) is 0.653. The van der Waals surface area contributed by atoms with E-state index in [1.807, 2.05) is 46.7 Å². The van der Waals surface area contributed by atoms with Crippen molar-refractivity contribution in [3.63, 3.8) is 0 Å². The number of anilines is 3. The van der Waals surface area contributed by atoms with Crippen LogP contribution in [0.15, 0.2) is 24.3 Å². The number of carbonyl (C=O) groups is 1. The van der Waals surface area contributed by atoms with Crippen molar-refractivity contribution in [2.75, 3.05) is 61.1 Å². The monoisotopic (exact) mass is 497 g/mol. The smallest absolute Gasteiger partial charge is 0.321 e. The number of pyridine rings is 1. The average molecular weight is 498 g/mol. The van der Waals surface area contributed by atoms with Crippen LogP contribution >= 0.6 is 0 Å². The summed E-state index contributed by atoms with van der Waals surface area (Å²) in [7, 11) is 0. The molecule has 2 N–H and O–H groups in total. The molecule has 0 unspecified atom stereocenters. The summed E-state index contributed by atoms with van der Waals surface area (Å²) >= 11 is 0. The highest BCUT2D eigenvalue weighted by Gasteiger charge is 2.36. The van der Waals surface area contributed by atoms with Crippen LogP contribution < -0.4 is 15.1 Å². The fraction of sp³-hybridized carbons (Fsp3) is 0.556. The standard InChI is InChI=1S/C27H36FN5O3/c1-4-19-7-8-32(15-19)27(35)29-20-6-5-17(2)21(13-20)22-14-24(33-16-23(34)18(33)3)30-26(25(22)28)31-9-11-36-12-10-31/h5-6,13-14,18-19,23,34H,4,7-12,15-16H2,1-3H3,(H,29,35)/t18-,19+,23-/m0/s1. The number of aromatic nitrogens is 1. The Kier molecular flexibility index (Phi) is 7.03. The number of halogens is 1. The van der Waals surface area contributed by atoms with Gasteiger partial charge >= 0.3 is 6.03 Å². The average Bonchev–Trinajstić information content (AvgIpc) is 3.39. The third-order valence-electron chi connectivity index (χ3n) is 7.89. The normalized spacial score (nSPS) is 24.1. The number of ether oxygens (including phenoxy) is 1. The minimum absolute atomic E-state index is 0.0903. The number of aliphatic hydroxyl groups excluding tert-OH is 1. The zero-order chi connectivity index (χ0) is 25.4. The molecule has 1 aromatic heterocycles. The molecule has 9 heteroatoms. The van der Waals surface area contributed by atoms with Crippen molar-refractivity contribution in [1.29, 1.82) is 0 Å². The Morgan fingerprint density at radius 2 is 1.97 bits per heavy atom. The van der Waals surface area contributed by atoms with E-state index in [-0.39, 0.29) is 17.9 Å². The Morgan fingerprint density at radius 1 is 1.19 bits per heavy atom. The topological polar surface area (TPSA) is 81.2 Å². The zero-order valence-electron chi connectivity index (χ0n) is 21.3. The highest BCUT2D eigenvalue weighted by Crippen LogP contribution is 2.37. The Labute approximate surface area is 212 Å². The number of urea groups is 1. The van der Waals surface area contributed by atoms with Crippen LogP contribution in [0.1, 0.15) is 32.3 Å². The molecule has 8 nitrogen and oxygen atoms in total. The van der Waals surface area contributed by atoms with Gasteiger partial charge in [0.2, 0.25) is 0 Å². The summed E-state index contributed by atoms with van der Waals surface area (Å²) in [6.07, 6.45) is 1.67. The number of nitrogens with zero attached hydrogens (tertiary/aromatic N) is 4. The number of amides is 2. The van der Waals surface area contributed by atoms with Gasteiger partial charge in [-0.05, 0) is 55.5 Å². The Balaban J connectivity index is 1.49. The molecular formula is C27H36FN5O3. The number of hydrogen-bond donors (Lipinski definition) is 2. The molecule has 4 heterocycles. The number of aliphatic hydroxyl groups is 1. The lowest BCUT2D eigenvalue weighted by molar-refractivity contribution is 0.0987. The second-order valence-electron chi connectivity index (χ2n) is 10.2. The van der Waals surface area contributed by atoms with Gasteiger partial charge in [0.1, 0.15) is 5.82 Å². The van der Waals surface area contributed by atoms with Crippen molar-refractivity contribution in [2.45, 2.75) is 45.8 Å². The van der Waals surface area contributed by atoms with Crippen molar-refractivity contribution >= 4 is 23.4 Å². The molecule has 3 fully saturated rings. The third kappa shape index (κ3) is 4.74. The fourth-order valence-electron chi connectivity index (χ4n) is 5.27. The molecule has 2 aromatic rings. The van der Waals surface area contributed by atoms with Gasteiger partial charge in [-0.25, -0.2) is 14.2 Å². The van der Waals surface area contributed by atoms with Crippen LogP contribution in [0.4, 0.5) is 26.5 Å². The van der Waals surface area contributed by atoms with E-state index in [0.29, 0.717) is 67.2 Å². The first-order chi connectivity index (χ1) is 17.4. The van der Waals surface area contributed by atoms with Gasteiger partial charge in [-0.1, -0.05) is 19.4 Å². The summed E-state index contributed by atoms with van der Waals surface area (Å²) in [6, 6.07) is 7.18. The molecule has 0 bridgehead atoms. The van der Waals surface area contributed by atoms with E-state index in [9.17, 15) is 9.90 Å². The third-order valence-corrected chi connectivity index (χ3v) is 7.89. The first-order valence-corrected chi connectivity index (χ1v) is 13.0. The number of benzene rings is 1. The highest BCUT2D eigenvalue weighted by atomic mass is 19.1. The number of nitrogens with one attached hydrogen (secondary N) is 1. The van der Waals surface area contributed by atoms with Crippen LogP contribution in [0.5, 0.6) is 0 Å². The molecule has 2 amide bonds. The van der Waals surface area contributed by atoms with E-state index in [1.54, 1.807) is 6.07 Å².